The number of carbonyl (C=O) groups is 1. The summed E-state index contributed by atoms with van der Waals surface area (Å²) in [6.45, 7) is 14.7. The van der Waals surface area contributed by atoms with E-state index in [1.165, 1.54) is 5.57 Å². The van der Waals surface area contributed by atoms with Crippen molar-refractivity contribution in [2.75, 3.05) is 0 Å². The van der Waals surface area contributed by atoms with Crippen LogP contribution >= 0.6 is 0 Å². The normalized spacial score (nSPS) is 32.4. The molecular formula is C16H24O2. The van der Waals surface area contributed by atoms with Gasteiger partial charge in [0.05, 0.1) is 6.10 Å². The van der Waals surface area contributed by atoms with E-state index in [9.17, 15) is 4.79 Å². The van der Waals surface area contributed by atoms with E-state index in [4.69, 9.17) is 4.74 Å². The summed E-state index contributed by atoms with van der Waals surface area (Å²) in [6, 6.07) is 0. The number of rotatable bonds is 0. The Hall–Kier alpha value is -0.890. The smallest absolute Gasteiger partial charge is 0.197 e. The molecule has 1 heterocycles. The number of epoxide rings is 1. The van der Waals surface area contributed by atoms with E-state index in [-0.39, 0.29) is 22.7 Å². The quantitative estimate of drug-likeness (QED) is 0.612. The van der Waals surface area contributed by atoms with E-state index >= 15 is 0 Å². The number of hydrogen-bond donors (Lipinski definition) is 0. The van der Waals surface area contributed by atoms with Crippen molar-refractivity contribution in [3.05, 3.63) is 23.3 Å². The maximum atomic E-state index is 12.6. The fourth-order valence-corrected chi connectivity index (χ4v) is 2.41. The van der Waals surface area contributed by atoms with Gasteiger partial charge in [0.25, 0.3) is 0 Å². The second-order valence-electron chi connectivity index (χ2n) is 7.54. The molecule has 2 atom stereocenters. The van der Waals surface area contributed by atoms with Crippen LogP contribution in [0.4, 0.5) is 0 Å². The van der Waals surface area contributed by atoms with Crippen molar-refractivity contribution < 1.29 is 9.53 Å². The summed E-state index contributed by atoms with van der Waals surface area (Å²) in [4.78, 5) is 12.6. The summed E-state index contributed by atoms with van der Waals surface area (Å²) >= 11 is 0. The fraction of sp³-hybridized carbons (Fsp3) is 0.688. The van der Waals surface area contributed by atoms with Gasteiger partial charge in [0.1, 0.15) is 0 Å². The zero-order valence-corrected chi connectivity index (χ0v) is 12.5. The lowest BCUT2D eigenvalue weighted by atomic mass is 9.71. The highest BCUT2D eigenvalue weighted by Crippen LogP contribution is 2.49. The summed E-state index contributed by atoms with van der Waals surface area (Å²) in [7, 11) is 0. The van der Waals surface area contributed by atoms with Crippen LogP contribution in [-0.2, 0) is 9.53 Å². The van der Waals surface area contributed by atoms with Crippen LogP contribution in [0.1, 0.15) is 48.5 Å². The van der Waals surface area contributed by atoms with Gasteiger partial charge in [-0.1, -0.05) is 47.6 Å². The molecule has 1 fully saturated rings. The predicted molar refractivity (Wildman–Crippen MR) is 73.4 cm³/mol. The highest BCUT2D eigenvalue weighted by atomic mass is 16.6. The lowest BCUT2D eigenvalue weighted by molar-refractivity contribution is -0.120. The first-order valence-electron chi connectivity index (χ1n) is 6.66. The van der Waals surface area contributed by atoms with Gasteiger partial charge in [-0.15, -0.1) is 0 Å². The largest absolute Gasteiger partial charge is 0.353 e. The van der Waals surface area contributed by atoms with Crippen molar-refractivity contribution in [2.45, 2.75) is 60.2 Å². The third-order valence-corrected chi connectivity index (χ3v) is 3.86. The van der Waals surface area contributed by atoms with Crippen LogP contribution in [0, 0.1) is 10.8 Å². The van der Waals surface area contributed by atoms with E-state index in [0.29, 0.717) is 0 Å². The summed E-state index contributed by atoms with van der Waals surface area (Å²) in [5.41, 5.74) is 1.33. The third-order valence-electron chi connectivity index (χ3n) is 3.86. The van der Waals surface area contributed by atoms with Gasteiger partial charge >= 0.3 is 0 Å². The molecule has 0 bridgehead atoms. The maximum absolute atomic E-state index is 12.6. The van der Waals surface area contributed by atoms with Crippen molar-refractivity contribution in [1.29, 1.82) is 0 Å². The minimum Gasteiger partial charge on any atom is -0.353 e. The summed E-state index contributed by atoms with van der Waals surface area (Å²) < 4.78 is 5.64. The molecule has 0 aromatic heterocycles. The Kier molecular flexibility index (Phi) is 2.68. The summed E-state index contributed by atoms with van der Waals surface area (Å²) in [6.07, 6.45) is 4.12. The minimum absolute atomic E-state index is 0.00778. The van der Waals surface area contributed by atoms with Gasteiger partial charge in [-0.3, -0.25) is 4.79 Å². The highest BCUT2D eigenvalue weighted by molar-refractivity contribution is 6.08. The predicted octanol–water partition coefficient (Wildman–Crippen LogP) is 3.67. The summed E-state index contributed by atoms with van der Waals surface area (Å²) in [5, 5.41) is 0. The van der Waals surface area contributed by atoms with E-state index < -0.39 is 5.60 Å². The molecule has 0 N–H and O–H groups in total. The van der Waals surface area contributed by atoms with Crippen molar-refractivity contribution in [1.82, 2.24) is 0 Å². The molecule has 0 aromatic rings. The molecule has 0 unspecified atom stereocenters. The van der Waals surface area contributed by atoms with Gasteiger partial charge in [-0.2, -0.15) is 0 Å². The van der Waals surface area contributed by atoms with Gasteiger partial charge in [-0.25, -0.2) is 0 Å². The molecule has 100 valence electrons. The highest BCUT2D eigenvalue weighted by Gasteiger charge is 2.61. The number of carbonyl (C=O) groups excluding carboxylic acids is 1. The molecule has 1 spiro atoms. The topological polar surface area (TPSA) is 29.6 Å². The van der Waals surface area contributed by atoms with Crippen molar-refractivity contribution in [3.8, 4) is 0 Å². The van der Waals surface area contributed by atoms with Crippen LogP contribution in [0.25, 0.3) is 0 Å². The zero-order valence-electron chi connectivity index (χ0n) is 12.5. The molecule has 1 aliphatic carbocycles. The average Bonchev–Trinajstić information content (AvgIpc) is 2.78. The molecule has 0 amide bonds. The molecular weight excluding hydrogens is 224 g/mol. The number of allylic oxidation sites excluding steroid dienone is 2. The molecule has 0 radical (unpaired) electrons. The Morgan fingerprint density at radius 1 is 1.11 bits per heavy atom. The van der Waals surface area contributed by atoms with Gasteiger partial charge in [0.15, 0.2) is 11.4 Å². The Morgan fingerprint density at radius 3 is 1.94 bits per heavy atom. The number of ketones is 1. The first kappa shape index (κ1) is 13.5. The maximum Gasteiger partial charge on any atom is 0.197 e. The number of Topliss-reactive ketones (excluding diaryl/α,β-unsaturated/α-hetero) is 1. The second-order valence-corrected chi connectivity index (χ2v) is 7.54. The molecule has 2 rings (SSSR count). The van der Waals surface area contributed by atoms with Gasteiger partial charge < -0.3 is 4.74 Å². The Bertz CT molecular complexity index is 454. The first-order chi connectivity index (χ1) is 7.98. The molecule has 2 nitrogen and oxygen atoms in total. The molecule has 1 aliphatic heterocycles. The van der Waals surface area contributed by atoms with Gasteiger partial charge in [0.2, 0.25) is 0 Å². The van der Waals surface area contributed by atoms with E-state index in [1.807, 2.05) is 13.0 Å². The van der Waals surface area contributed by atoms with Gasteiger partial charge in [0, 0.05) is 5.57 Å². The minimum atomic E-state index is -0.667. The van der Waals surface area contributed by atoms with E-state index in [0.717, 1.165) is 5.57 Å². The monoisotopic (exact) mass is 248 g/mol. The standard InChI is InChI=1S/C16H24O2/c1-10-16(18-10)9-11(14(2,3)4)8-12(13(16)17)15(5,6)7/h8-10H,1-7H3/t10-,16+/m0/s1. The Labute approximate surface area is 110 Å². The van der Waals surface area contributed by atoms with E-state index in [1.54, 1.807) is 0 Å². The summed E-state index contributed by atoms with van der Waals surface area (Å²) in [5.74, 6) is 0.149. The lowest BCUT2D eigenvalue weighted by Crippen LogP contribution is -2.35. The van der Waals surface area contributed by atoms with E-state index in [2.05, 4.69) is 47.6 Å². The van der Waals surface area contributed by atoms with Crippen molar-refractivity contribution in [2.24, 2.45) is 10.8 Å². The molecule has 1 saturated heterocycles. The third kappa shape index (κ3) is 1.97. The van der Waals surface area contributed by atoms with Crippen LogP contribution in [-0.4, -0.2) is 17.5 Å². The molecule has 0 aromatic carbocycles. The van der Waals surface area contributed by atoms with Crippen molar-refractivity contribution >= 4 is 5.78 Å². The molecule has 2 aliphatic rings. The molecule has 2 heteroatoms. The SMILES string of the molecule is C[C@@H]1O[C@]12C=C(C(C)(C)C)C=C(C(C)(C)C)C2=O. The Morgan fingerprint density at radius 2 is 1.61 bits per heavy atom. The van der Waals surface area contributed by atoms with Crippen LogP contribution in [0.2, 0.25) is 0 Å². The number of hydrogen-bond acceptors (Lipinski definition) is 2. The fourth-order valence-electron chi connectivity index (χ4n) is 2.41. The lowest BCUT2D eigenvalue weighted by Gasteiger charge is -2.32. The first-order valence-corrected chi connectivity index (χ1v) is 6.66. The number of ether oxygens (including phenoxy) is 1. The van der Waals surface area contributed by atoms with Crippen LogP contribution in [0.5, 0.6) is 0 Å². The van der Waals surface area contributed by atoms with Crippen molar-refractivity contribution in [3.63, 3.8) is 0 Å². The Balaban J connectivity index is 2.53. The van der Waals surface area contributed by atoms with Crippen LogP contribution in [0.3, 0.4) is 0 Å². The van der Waals surface area contributed by atoms with Crippen LogP contribution < -0.4 is 0 Å². The zero-order chi connectivity index (χ0) is 13.9. The van der Waals surface area contributed by atoms with Crippen LogP contribution in [0.15, 0.2) is 23.3 Å². The molecule has 18 heavy (non-hydrogen) atoms. The molecule has 0 saturated carbocycles. The average molecular weight is 248 g/mol. The van der Waals surface area contributed by atoms with Gasteiger partial charge in [-0.05, 0) is 29.4 Å². The second kappa shape index (κ2) is 3.57.